The highest BCUT2D eigenvalue weighted by Crippen LogP contribution is 2.42. The Balaban J connectivity index is 1.62. The molecule has 2 aromatic carbocycles. The van der Waals surface area contributed by atoms with Crippen LogP contribution < -0.4 is 28.4 Å². The molecule has 0 saturated heterocycles. The van der Waals surface area contributed by atoms with Gasteiger partial charge in [-0.1, -0.05) is 0 Å². The van der Waals surface area contributed by atoms with E-state index in [-0.39, 0.29) is 54.4 Å². The summed E-state index contributed by atoms with van der Waals surface area (Å²) in [6, 6.07) is 5.56. The van der Waals surface area contributed by atoms with Gasteiger partial charge in [-0.15, -0.1) is 0 Å². The molecule has 0 aliphatic carbocycles. The summed E-state index contributed by atoms with van der Waals surface area (Å²) in [6.07, 6.45) is -0.385. The van der Waals surface area contributed by atoms with Crippen LogP contribution in [0.25, 0.3) is 0 Å². The molecule has 1 heterocycles. The van der Waals surface area contributed by atoms with Gasteiger partial charge in [0.2, 0.25) is 41.4 Å². The zero-order chi connectivity index (χ0) is 24.8. The molecule has 0 fully saturated rings. The molecule has 0 N–H and O–H groups in total. The van der Waals surface area contributed by atoms with E-state index in [1.807, 2.05) is 0 Å². The molecule has 2 aromatic rings. The van der Waals surface area contributed by atoms with Gasteiger partial charge in [0, 0.05) is 24.0 Å². The van der Waals surface area contributed by atoms with Gasteiger partial charge in [0.05, 0.1) is 28.4 Å². The van der Waals surface area contributed by atoms with Gasteiger partial charge >= 0.3 is 0 Å². The van der Waals surface area contributed by atoms with Crippen LogP contribution in [-0.4, -0.2) is 58.4 Å². The van der Waals surface area contributed by atoms with Crippen LogP contribution in [-0.2, 0) is 9.59 Å². The number of ether oxygens (including phenoxy) is 6. The Kier molecular flexibility index (Phi) is 7.72. The van der Waals surface area contributed by atoms with Crippen molar-refractivity contribution in [3.05, 3.63) is 35.4 Å². The number of hydrogen-bond donors (Lipinski definition) is 0. The second kappa shape index (κ2) is 10.7. The molecule has 0 aromatic heterocycles. The van der Waals surface area contributed by atoms with E-state index in [1.165, 1.54) is 52.7 Å². The van der Waals surface area contributed by atoms with E-state index in [0.717, 1.165) is 0 Å². The maximum absolute atomic E-state index is 12.6. The smallest absolute Gasteiger partial charge is 0.231 e. The zero-order valence-electron chi connectivity index (χ0n) is 19.2. The minimum Gasteiger partial charge on any atom is -0.493 e. The van der Waals surface area contributed by atoms with E-state index >= 15 is 0 Å². The first-order valence-electron chi connectivity index (χ1n) is 10.3. The molecule has 0 unspecified atom stereocenters. The molecule has 10 nitrogen and oxygen atoms in total. The molecule has 180 valence electrons. The zero-order valence-corrected chi connectivity index (χ0v) is 19.2. The highest BCUT2D eigenvalue weighted by atomic mass is 16.7. The van der Waals surface area contributed by atoms with Gasteiger partial charge in [0.25, 0.3) is 0 Å². The first kappa shape index (κ1) is 24.6. The van der Waals surface area contributed by atoms with E-state index in [9.17, 15) is 19.2 Å². The Bertz CT molecular complexity index is 1110. The molecule has 1 aliphatic rings. The molecular weight excluding hydrogens is 448 g/mol. The maximum atomic E-state index is 12.6. The van der Waals surface area contributed by atoms with Crippen LogP contribution in [0.2, 0.25) is 0 Å². The summed E-state index contributed by atoms with van der Waals surface area (Å²) >= 11 is 0. The number of carbonyl (C=O) groups excluding carboxylic acids is 4. The number of benzene rings is 2. The lowest BCUT2D eigenvalue weighted by molar-refractivity contribution is -0.116. The Morgan fingerprint density at radius 1 is 0.706 bits per heavy atom. The van der Waals surface area contributed by atoms with Crippen molar-refractivity contribution in [1.29, 1.82) is 0 Å². The number of ketones is 4. The van der Waals surface area contributed by atoms with Crippen molar-refractivity contribution in [3.8, 4) is 34.5 Å². The monoisotopic (exact) mass is 472 g/mol. The summed E-state index contributed by atoms with van der Waals surface area (Å²) in [5.41, 5.74) is 0.153. The predicted molar refractivity (Wildman–Crippen MR) is 118 cm³/mol. The van der Waals surface area contributed by atoms with Crippen LogP contribution >= 0.6 is 0 Å². The van der Waals surface area contributed by atoms with Gasteiger partial charge < -0.3 is 28.4 Å². The number of carbonyl (C=O) groups is 4. The van der Waals surface area contributed by atoms with Gasteiger partial charge in [-0.3, -0.25) is 19.2 Å². The Morgan fingerprint density at radius 2 is 1.21 bits per heavy atom. The van der Waals surface area contributed by atoms with E-state index in [4.69, 9.17) is 28.4 Å². The molecule has 0 radical (unpaired) electrons. The van der Waals surface area contributed by atoms with Crippen molar-refractivity contribution in [2.45, 2.75) is 19.3 Å². The van der Waals surface area contributed by atoms with Crippen LogP contribution in [0.4, 0.5) is 0 Å². The summed E-state index contributed by atoms with van der Waals surface area (Å²) in [6.45, 7) is -0.0145. The predicted octanol–water partition coefficient (Wildman–Crippen LogP) is 2.82. The molecule has 0 saturated carbocycles. The van der Waals surface area contributed by atoms with Crippen molar-refractivity contribution < 1.29 is 47.6 Å². The highest BCUT2D eigenvalue weighted by molar-refractivity contribution is 6.45. The Hall–Kier alpha value is -4.08. The third-order valence-corrected chi connectivity index (χ3v) is 5.16. The summed E-state index contributed by atoms with van der Waals surface area (Å²) in [7, 11) is 5.62. The first-order valence-corrected chi connectivity index (χ1v) is 10.3. The number of rotatable bonds is 12. The molecule has 34 heavy (non-hydrogen) atoms. The lowest BCUT2D eigenvalue weighted by atomic mass is 9.99. The third kappa shape index (κ3) is 4.95. The van der Waals surface area contributed by atoms with Crippen molar-refractivity contribution in [1.82, 2.24) is 0 Å². The average molecular weight is 472 g/mol. The topological polar surface area (TPSA) is 124 Å². The number of hydrogen-bond acceptors (Lipinski definition) is 10. The molecule has 0 spiro atoms. The minimum absolute atomic E-state index is 0.0145. The fraction of sp³-hybridized carbons (Fsp3) is 0.333. The quantitative estimate of drug-likeness (QED) is 0.336. The van der Waals surface area contributed by atoms with E-state index < -0.39 is 23.1 Å². The first-order chi connectivity index (χ1) is 16.3. The SMILES string of the molecule is COc1cc(C(=O)C(=O)CCCC(=O)C(=O)c2cc(OC)c3c(c2)OCO3)cc(OC)c1OC. The van der Waals surface area contributed by atoms with Crippen molar-refractivity contribution in [2.75, 3.05) is 35.2 Å². The second-order valence-electron chi connectivity index (χ2n) is 7.18. The third-order valence-electron chi connectivity index (χ3n) is 5.16. The summed E-state index contributed by atoms with van der Waals surface area (Å²) in [5.74, 6) is -1.22. The summed E-state index contributed by atoms with van der Waals surface area (Å²) in [5, 5.41) is 0. The van der Waals surface area contributed by atoms with Gasteiger partial charge in [-0.2, -0.15) is 0 Å². The maximum Gasteiger partial charge on any atom is 0.231 e. The van der Waals surface area contributed by atoms with Gasteiger partial charge in [-0.25, -0.2) is 0 Å². The highest BCUT2D eigenvalue weighted by Gasteiger charge is 2.26. The van der Waals surface area contributed by atoms with Gasteiger partial charge in [-0.05, 0) is 30.7 Å². The van der Waals surface area contributed by atoms with Crippen molar-refractivity contribution >= 4 is 23.1 Å². The number of methoxy groups -OCH3 is 4. The van der Waals surface area contributed by atoms with Gasteiger partial charge in [0.1, 0.15) is 0 Å². The van der Waals surface area contributed by atoms with Crippen molar-refractivity contribution in [2.24, 2.45) is 0 Å². The summed E-state index contributed by atoms with van der Waals surface area (Å²) in [4.78, 5) is 50.0. The molecule has 1 aliphatic heterocycles. The molecule has 0 bridgehead atoms. The standard InChI is InChI=1S/C24H24O10/c1-29-17-8-13(9-18(30-2)23(17)32-4)21(27)15(25)6-5-7-16(26)22(28)14-10-19(31-3)24-20(11-14)33-12-34-24/h8-11H,5-7,12H2,1-4H3. The molecule has 3 rings (SSSR count). The van der Waals surface area contributed by atoms with Crippen LogP contribution in [0, 0.1) is 0 Å². The molecule has 10 heteroatoms. The fourth-order valence-corrected chi connectivity index (χ4v) is 3.43. The van der Waals surface area contributed by atoms with Gasteiger partial charge in [0.15, 0.2) is 23.0 Å². The van der Waals surface area contributed by atoms with Crippen molar-refractivity contribution in [3.63, 3.8) is 0 Å². The van der Waals surface area contributed by atoms with Crippen LogP contribution in [0.3, 0.4) is 0 Å². The van der Waals surface area contributed by atoms with E-state index in [1.54, 1.807) is 0 Å². The molecular formula is C24H24O10. The second-order valence-corrected chi connectivity index (χ2v) is 7.18. The largest absolute Gasteiger partial charge is 0.493 e. The van der Waals surface area contributed by atoms with E-state index in [0.29, 0.717) is 17.2 Å². The molecule has 0 amide bonds. The summed E-state index contributed by atoms with van der Waals surface area (Å²) < 4.78 is 31.3. The number of fused-ring (bicyclic) bond motifs is 1. The number of Topliss-reactive ketones (excluding diaryl/α,β-unsaturated/α-hetero) is 4. The Morgan fingerprint density at radius 3 is 1.71 bits per heavy atom. The van der Waals surface area contributed by atoms with E-state index in [2.05, 4.69) is 0 Å². The normalized spacial score (nSPS) is 11.5. The van der Waals surface area contributed by atoms with Crippen LogP contribution in [0.15, 0.2) is 24.3 Å². The fourth-order valence-electron chi connectivity index (χ4n) is 3.43. The minimum atomic E-state index is -0.765. The lowest BCUT2D eigenvalue weighted by Crippen LogP contribution is -2.17. The molecule has 0 atom stereocenters. The average Bonchev–Trinajstić information content (AvgIpc) is 3.34. The van der Waals surface area contributed by atoms with Crippen LogP contribution in [0.1, 0.15) is 40.0 Å². The van der Waals surface area contributed by atoms with Crippen LogP contribution in [0.5, 0.6) is 34.5 Å². The Labute approximate surface area is 195 Å². The lowest BCUT2D eigenvalue weighted by Gasteiger charge is -2.13.